The molecule has 0 aliphatic heterocycles. The van der Waals surface area contributed by atoms with Crippen molar-refractivity contribution in [2.24, 2.45) is 0 Å². The summed E-state index contributed by atoms with van der Waals surface area (Å²) >= 11 is 1.49. The molecule has 0 unspecified atom stereocenters. The first kappa shape index (κ1) is 17.4. The molecule has 0 aliphatic carbocycles. The van der Waals surface area contributed by atoms with Gasteiger partial charge in [0, 0.05) is 23.6 Å². The number of amides is 1. The van der Waals surface area contributed by atoms with Crippen molar-refractivity contribution in [3.05, 3.63) is 77.1 Å². The number of aromatic nitrogens is 2. The maximum atomic E-state index is 13.3. The van der Waals surface area contributed by atoms with Crippen LogP contribution < -0.4 is 5.32 Å². The summed E-state index contributed by atoms with van der Waals surface area (Å²) in [4.78, 5) is 17.9. The van der Waals surface area contributed by atoms with Gasteiger partial charge in [-0.05, 0) is 43.2 Å². The van der Waals surface area contributed by atoms with E-state index in [-0.39, 0.29) is 11.7 Å². The molecule has 4 aromatic rings. The lowest BCUT2D eigenvalue weighted by Gasteiger charge is -2.08. The van der Waals surface area contributed by atoms with E-state index >= 15 is 0 Å². The van der Waals surface area contributed by atoms with Gasteiger partial charge in [-0.25, -0.2) is 9.37 Å². The number of carbonyl (C=O) groups excluding carboxylic acids is 1. The number of nitrogens with zero attached hydrogens (tertiary/aromatic N) is 2. The van der Waals surface area contributed by atoms with E-state index in [0.717, 1.165) is 16.1 Å². The minimum absolute atomic E-state index is 0.0769. The van der Waals surface area contributed by atoms with Crippen LogP contribution in [-0.4, -0.2) is 15.3 Å². The first-order valence-corrected chi connectivity index (χ1v) is 9.55. The molecule has 2 aromatic heterocycles. The second-order valence-corrected chi connectivity index (χ2v) is 7.28. The van der Waals surface area contributed by atoms with Crippen LogP contribution in [0.3, 0.4) is 0 Å². The van der Waals surface area contributed by atoms with E-state index in [1.807, 2.05) is 47.2 Å². The Labute approximate surface area is 160 Å². The third kappa shape index (κ3) is 3.75. The Morgan fingerprint density at radius 3 is 2.63 bits per heavy atom. The number of thiazole rings is 1. The Hall–Kier alpha value is -2.99. The molecule has 2 aromatic carbocycles. The highest BCUT2D eigenvalue weighted by molar-refractivity contribution is 7.15. The Bertz CT molecular complexity index is 1080. The van der Waals surface area contributed by atoms with E-state index in [1.165, 1.54) is 29.0 Å². The first-order valence-electron chi connectivity index (χ1n) is 8.67. The van der Waals surface area contributed by atoms with Gasteiger partial charge in [-0.2, -0.15) is 0 Å². The van der Waals surface area contributed by atoms with Crippen LogP contribution in [0.15, 0.2) is 60.1 Å². The van der Waals surface area contributed by atoms with Gasteiger partial charge >= 0.3 is 0 Å². The molecule has 136 valence electrons. The van der Waals surface area contributed by atoms with E-state index in [0.29, 0.717) is 24.4 Å². The molecule has 0 bridgehead atoms. The molecule has 4 rings (SSSR count). The molecule has 4 nitrogen and oxygen atoms in total. The van der Waals surface area contributed by atoms with Gasteiger partial charge in [0.1, 0.15) is 17.3 Å². The second-order valence-electron chi connectivity index (χ2n) is 6.41. The summed E-state index contributed by atoms with van der Waals surface area (Å²) in [7, 11) is 0. The predicted octanol–water partition coefficient (Wildman–Crippen LogP) is 5.08. The van der Waals surface area contributed by atoms with Crippen LogP contribution in [-0.2, 0) is 11.2 Å². The molecule has 0 saturated carbocycles. The molecule has 0 spiro atoms. The summed E-state index contributed by atoms with van der Waals surface area (Å²) in [5.41, 5.74) is 3.74. The molecular weight excluding hydrogens is 361 g/mol. The Morgan fingerprint density at radius 1 is 1.15 bits per heavy atom. The molecule has 1 N–H and O–H groups in total. The third-order valence-electron chi connectivity index (χ3n) is 4.40. The smallest absolute Gasteiger partial charge is 0.225 e. The zero-order valence-electron chi connectivity index (χ0n) is 14.8. The number of carbonyl (C=O) groups is 1. The number of nitrogens with one attached hydrogen (secondary N) is 1. The van der Waals surface area contributed by atoms with Crippen LogP contribution in [0, 0.1) is 12.7 Å². The van der Waals surface area contributed by atoms with Crippen molar-refractivity contribution >= 4 is 28.0 Å². The Morgan fingerprint density at radius 2 is 1.89 bits per heavy atom. The summed E-state index contributed by atoms with van der Waals surface area (Å²) in [5, 5.41) is 4.90. The quantitative estimate of drug-likeness (QED) is 0.525. The fraction of sp³-hybridized carbons (Fsp3) is 0.143. The molecular formula is C21H18FN3OS. The van der Waals surface area contributed by atoms with Gasteiger partial charge in [0.2, 0.25) is 5.91 Å². The summed E-state index contributed by atoms with van der Waals surface area (Å²) in [6.45, 7) is 2.04. The molecule has 1 amide bonds. The number of halogens is 1. The van der Waals surface area contributed by atoms with E-state index < -0.39 is 0 Å². The van der Waals surface area contributed by atoms with Crippen LogP contribution in [0.1, 0.15) is 17.5 Å². The number of fused-ring (bicyclic) bond motifs is 1. The normalized spacial score (nSPS) is 11.0. The largest absolute Gasteiger partial charge is 0.310 e. The van der Waals surface area contributed by atoms with Crippen LogP contribution in [0.4, 0.5) is 10.2 Å². The maximum Gasteiger partial charge on any atom is 0.225 e. The molecule has 0 radical (unpaired) electrons. The summed E-state index contributed by atoms with van der Waals surface area (Å²) in [6.07, 6.45) is 2.92. The SMILES string of the molecule is Cc1ccc(CCC(=O)Nc2c(-c3ccc(F)cc3)nc3sccn23)cc1. The lowest BCUT2D eigenvalue weighted by molar-refractivity contribution is -0.116. The second kappa shape index (κ2) is 7.32. The van der Waals surface area contributed by atoms with Crippen LogP contribution >= 0.6 is 11.3 Å². The fourth-order valence-electron chi connectivity index (χ4n) is 2.92. The highest BCUT2D eigenvalue weighted by Gasteiger charge is 2.17. The van der Waals surface area contributed by atoms with Crippen molar-refractivity contribution in [3.8, 4) is 11.3 Å². The Balaban J connectivity index is 1.56. The fourth-order valence-corrected chi connectivity index (χ4v) is 3.64. The number of hydrogen-bond acceptors (Lipinski definition) is 3. The predicted molar refractivity (Wildman–Crippen MR) is 107 cm³/mol. The molecule has 0 atom stereocenters. The van der Waals surface area contributed by atoms with Crippen molar-refractivity contribution in [2.45, 2.75) is 19.8 Å². The van der Waals surface area contributed by atoms with Crippen LogP contribution in [0.2, 0.25) is 0 Å². The van der Waals surface area contributed by atoms with Crippen LogP contribution in [0.25, 0.3) is 16.2 Å². The molecule has 6 heteroatoms. The van der Waals surface area contributed by atoms with Crippen molar-refractivity contribution in [3.63, 3.8) is 0 Å². The van der Waals surface area contributed by atoms with Gasteiger partial charge in [-0.1, -0.05) is 29.8 Å². The van der Waals surface area contributed by atoms with Crippen molar-refractivity contribution < 1.29 is 9.18 Å². The standard InChI is InChI=1S/C21H18FN3OS/c1-14-2-4-15(5-3-14)6-11-18(26)23-20-19(16-7-9-17(22)10-8-16)24-21-25(20)12-13-27-21/h2-5,7-10,12-13H,6,11H2,1H3,(H,23,26). The van der Waals surface area contributed by atoms with Gasteiger partial charge in [0.25, 0.3) is 0 Å². The van der Waals surface area contributed by atoms with Crippen molar-refractivity contribution in [1.82, 2.24) is 9.38 Å². The highest BCUT2D eigenvalue weighted by atomic mass is 32.1. The lowest BCUT2D eigenvalue weighted by Crippen LogP contribution is -2.14. The van der Waals surface area contributed by atoms with E-state index in [4.69, 9.17) is 0 Å². The molecule has 0 fully saturated rings. The molecule has 0 aliphatic rings. The first-order chi connectivity index (χ1) is 13.1. The number of hydrogen-bond donors (Lipinski definition) is 1. The van der Waals surface area contributed by atoms with E-state index in [2.05, 4.69) is 10.3 Å². The van der Waals surface area contributed by atoms with Gasteiger partial charge in [0.15, 0.2) is 4.96 Å². The minimum atomic E-state index is -0.302. The zero-order chi connectivity index (χ0) is 18.8. The van der Waals surface area contributed by atoms with Gasteiger partial charge in [0.05, 0.1) is 0 Å². The average molecular weight is 379 g/mol. The number of benzene rings is 2. The number of imidazole rings is 1. The third-order valence-corrected chi connectivity index (χ3v) is 5.16. The topological polar surface area (TPSA) is 46.4 Å². The van der Waals surface area contributed by atoms with Gasteiger partial charge in [-0.15, -0.1) is 11.3 Å². The molecule has 0 saturated heterocycles. The van der Waals surface area contributed by atoms with Crippen molar-refractivity contribution in [1.29, 1.82) is 0 Å². The Kier molecular flexibility index (Phi) is 4.73. The molecule has 27 heavy (non-hydrogen) atoms. The summed E-state index contributed by atoms with van der Waals surface area (Å²) < 4.78 is 15.1. The monoisotopic (exact) mass is 379 g/mol. The van der Waals surface area contributed by atoms with Gasteiger partial charge in [-0.3, -0.25) is 9.20 Å². The lowest BCUT2D eigenvalue weighted by atomic mass is 10.1. The van der Waals surface area contributed by atoms with Gasteiger partial charge < -0.3 is 5.32 Å². The number of aryl methyl sites for hydroxylation is 2. The summed E-state index contributed by atoms with van der Waals surface area (Å²) in [5.74, 6) is 0.238. The number of rotatable bonds is 5. The van der Waals surface area contributed by atoms with E-state index in [1.54, 1.807) is 12.1 Å². The molecule has 2 heterocycles. The number of anilines is 1. The zero-order valence-corrected chi connectivity index (χ0v) is 15.6. The minimum Gasteiger partial charge on any atom is -0.310 e. The average Bonchev–Trinajstić information content (AvgIpc) is 3.25. The van der Waals surface area contributed by atoms with E-state index in [9.17, 15) is 9.18 Å². The maximum absolute atomic E-state index is 13.3. The highest BCUT2D eigenvalue weighted by Crippen LogP contribution is 2.31. The summed E-state index contributed by atoms with van der Waals surface area (Å²) in [6, 6.07) is 14.3. The van der Waals surface area contributed by atoms with Crippen molar-refractivity contribution in [2.75, 3.05) is 5.32 Å². The van der Waals surface area contributed by atoms with Crippen LogP contribution in [0.5, 0.6) is 0 Å².